The zero-order valence-corrected chi connectivity index (χ0v) is 78.7. The van der Waals surface area contributed by atoms with Gasteiger partial charge in [0.05, 0.1) is 39.6 Å². The number of likely N-dealkylation sites (N-methyl/N-ethyl adjacent to an activating group) is 3. The van der Waals surface area contributed by atoms with Crippen LogP contribution in [0.5, 0.6) is 0 Å². The number of unbranched alkanes of at least 4 members (excludes halogenated alkanes) is 22. The zero-order chi connectivity index (χ0) is 94.1. The van der Waals surface area contributed by atoms with Crippen LogP contribution in [0, 0.1) is 0 Å². The smallest absolute Gasteiger partial charge is 0.328 e. The standard InChI is InChI=1S/2C36H52N2O6.C34H48N2O6/c2*1-29(39)19-11-5-3-4-6-16-24-34(40)38-33(28-31-22-14-10-15-23-31)36(42)44-26-18-8-7-17-25-43-35(41)32(37-2)27-30-20-12-9-13-21-30;1-27(37)17-9-5-3-4-6-14-22-32(38)36-31(26-29-20-12-8-13-21-29)34(40)42-24-16-15-23-41-33(39)30(35-2)25-28-18-10-7-11-19-28/h2*9-10,12-15,20-23,32-33,37H,3-8,11,16-19,24-28H2,1-2H3,(H,38,40);7-8,10-13,18-21,30-31,35H,3-6,9,14-17,22-26H2,1-2H3,(H,36,38). The van der Waals surface area contributed by atoms with Gasteiger partial charge in [-0.1, -0.05) is 259 Å². The molecule has 24 nitrogen and oxygen atoms in total. The maximum absolute atomic E-state index is 12.9. The lowest BCUT2D eigenvalue weighted by molar-refractivity contribution is -0.149. The van der Waals surface area contributed by atoms with Crippen LogP contribution in [0.2, 0.25) is 0 Å². The molecule has 0 heterocycles. The lowest BCUT2D eigenvalue weighted by Gasteiger charge is -2.18. The van der Waals surface area contributed by atoms with E-state index >= 15 is 0 Å². The highest BCUT2D eigenvalue weighted by Crippen LogP contribution is 2.18. The van der Waals surface area contributed by atoms with Gasteiger partial charge in [-0.05, 0) is 197 Å². The molecule has 0 saturated heterocycles. The van der Waals surface area contributed by atoms with Gasteiger partial charge < -0.3 is 74.7 Å². The first-order valence-electron chi connectivity index (χ1n) is 47.8. The molecule has 6 aromatic carbocycles. The molecule has 0 aliphatic heterocycles. The van der Waals surface area contributed by atoms with E-state index in [0.717, 1.165) is 187 Å². The van der Waals surface area contributed by atoms with Crippen molar-refractivity contribution < 1.29 is 86.0 Å². The molecule has 3 amide bonds. The minimum atomic E-state index is -0.765. The van der Waals surface area contributed by atoms with Crippen molar-refractivity contribution in [2.24, 2.45) is 0 Å². The summed E-state index contributed by atoms with van der Waals surface area (Å²) in [5, 5.41) is 17.7. The van der Waals surface area contributed by atoms with Crippen LogP contribution in [0.15, 0.2) is 182 Å². The van der Waals surface area contributed by atoms with Crippen molar-refractivity contribution in [1.82, 2.24) is 31.9 Å². The topological polar surface area (TPSA) is 332 Å². The molecular weight excluding hydrogens is 1650 g/mol. The summed E-state index contributed by atoms with van der Waals surface area (Å²) in [4.78, 5) is 147. The second-order valence-electron chi connectivity index (χ2n) is 33.5. The molecule has 0 fully saturated rings. The van der Waals surface area contributed by atoms with E-state index in [1.165, 1.54) is 0 Å². The van der Waals surface area contributed by atoms with Crippen LogP contribution in [0.25, 0.3) is 0 Å². The molecule has 0 aliphatic rings. The van der Waals surface area contributed by atoms with Crippen LogP contribution in [0.3, 0.4) is 0 Å². The van der Waals surface area contributed by atoms with Gasteiger partial charge in [-0.2, -0.15) is 0 Å². The molecule has 24 heteroatoms. The summed E-state index contributed by atoms with van der Waals surface area (Å²) in [7, 11) is 5.25. The van der Waals surface area contributed by atoms with Gasteiger partial charge in [0.25, 0.3) is 0 Å². The summed E-state index contributed by atoms with van der Waals surface area (Å²) in [5.41, 5.74) is 6.06. The minimum absolute atomic E-state index is 0.140. The van der Waals surface area contributed by atoms with Crippen LogP contribution in [0.4, 0.5) is 0 Å². The van der Waals surface area contributed by atoms with E-state index in [9.17, 15) is 57.5 Å². The largest absolute Gasteiger partial charge is 0.465 e. The predicted octanol–water partition coefficient (Wildman–Crippen LogP) is 16.9. The monoisotopic (exact) mass is 1800 g/mol. The van der Waals surface area contributed by atoms with E-state index in [0.29, 0.717) is 116 Å². The molecule has 0 aliphatic carbocycles. The molecule has 0 spiro atoms. The molecule has 6 rings (SSSR count). The normalized spacial score (nSPS) is 12.2. The summed E-state index contributed by atoms with van der Waals surface area (Å²) in [6.45, 7) is 6.56. The predicted molar refractivity (Wildman–Crippen MR) is 510 cm³/mol. The maximum atomic E-state index is 12.9. The van der Waals surface area contributed by atoms with E-state index in [1.807, 2.05) is 182 Å². The van der Waals surface area contributed by atoms with Gasteiger partial charge in [0, 0.05) is 57.8 Å². The minimum Gasteiger partial charge on any atom is -0.465 e. The van der Waals surface area contributed by atoms with Gasteiger partial charge in [0.2, 0.25) is 17.7 Å². The number of hydrogen-bond acceptors (Lipinski definition) is 21. The number of rotatable bonds is 70. The average molecular weight is 1800 g/mol. The number of nitrogens with one attached hydrogen (secondary N) is 6. The second-order valence-corrected chi connectivity index (χ2v) is 33.5. The zero-order valence-electron chi connectivity index (χ0n) is 78.7. The molecule has 6 atom stereocenters. The number of amides is 3. The maximum Gasteiger partial charge on any atom is 0.328 e. The van der Waals surface area contributed by atoms with E-state index in [1.54, 1.807) is 41.9 Å². The molecule has 6 N–H and O–H groups in total. The Balaban J connectivity index is 0.000000408. The molecule has 6 aromatic rings. The Kier molecular flexibility index (Phi) is 62.9. The van der Waals surface area contributed by atoms with Crippen molar-refractivity contribution in [2.45, 2.75) is 314 Å². The molecule has 130 heavy (non-hydrogen) atoms. The molecule has 0 radical (unpaired) electrons. The third-order valence-electron chi connectivity index (χ3n) is 22.1. The van der Waals surface area contributed by atoms with Crippen molar-refractivity contribution >= 4 is 70.9 Å². The van der Waals surface area contributed by atoms with Crippen LogP contribution in [0.1, 0.15) is 272 Å². The van der Waals surface area contributed by atoms with Crippen molar-refractivity contribution in [3.05, 3.63) is 215 Å². The van der Waals surface area contributed by atoms with Crippen molar-refractivity contribution in [1.29, 1.82) is 0 Å². The van der Waals surface area contributed by atoms with Crippen LogP contribution >= 0.6 is 0 Å². The highest BCUT2D eigenvalue weighted by molar-refractivity contribution is 5.87. The van der Waals surface area contributed by atoms with Crippen molar-refractivity contribution in [3.8, 4) is 0 Å². The van der Waals surface area contributed by atoms with Crippen LogP contribution in [-0.2, 0) is 124 Å². The third kappa shape index (κ3) is 56.8. The number of carbonyl (C=O) groups is 12. The highest BCUT2D eigenvalue weighted by Gasteiger charge is 2.28. The van der Waals surface area contributed by atoms with Gasteiger partial charge in [-0.3, -0.25) is 28.8 Å². The first-order valence-corrected chi connectivity index (χ1v) is 47.8. The van der Waals surface area contributed by atoms with Gasteiger partial charge in [0.15, 0.2) is 0 Å². The average Bonchev–Trinajstić information content (AvgIpc) is 0.893. The Morgan fingerprint density at radius 2 is 0.346 bits per heavy atom. The fourth-order valence-electron chi connectivity index (χ4n) is 14.4. The number of ether oxygens (including phenoxy) is 6. The summed E-state index contributed by atoms with van der Waals surface area (Å²) in [5.74, 6) is -1.86. The number of carbonyl (C=O) groups excluding carboxylic acids is 12. The number of hydrogen-bond donors (Lipinski definition) is 6. The van der Waals surface area contributed by atoms with E-state index in [4.69, 9.17) is 28.4 Å². The molecule has 0 aromatic heterocycles. The summed E-state index contributed by atoms with van der Waals surface area (Å²) in [6, 6.07) is 54.8. The Hall–Kier alpha value is -10.6. The molecule has 6 unspecified atom stereocenters. The number of benzene rings is 6. The summed E-state index contributed by atoms with van der Waals surface area (Å²) in [6.07, 6.45) is 30.5. The lowest BCUT2D eigenvalue weighted by Crippen LogP contribution is -2.43. The number of ketones is 3. The fourth-order valence-corrected chi connectivity index (χ4v) is 14.4. The number of Topliss-reactive ketones (excluding diaryl/α,β-unsaturated/α-hetero) is 3. The first kappa shape index (κ1) is 112. The van der Waals surface area contributed by atoms with Gasteiger partial charge in [-0.15, -0.1) is 0 Å². The van der Waals surface area contributed by atoms with Gasteiger partial charge in [-0.25, -0.2) is 14.4 Å². The summed E-state index contributed by atoms with van der Waals surface area (Å²) < 4.78 is 33.0. The highest BCUT2D eigenvalue weighted by atomic mass is 16.6. The third-order valence-corrected chi connectivity index (χ3v) is 22.1. The quantitative estimate of drug-likeness (QED) is 0.0117. The molecule has 0 bridgehead atoms. The molecular formula is C106H152N6O18. The SMILES string of the molecule is CNC(Cc1ccccc1)C(=O)OCCCCCCOC(=O)C(Cc1ccccc1)NC(=O)CCCCCCCCC(C)=O.CNC(Cc1ccccc1)C(=O)OCCCCCCOC(=O)C(Cc1ccccc1)NC(=O)CCCCCCCCC(C)=O.CNC(Cc1ccccc1)C(=O)OCCCCOC(=O)C(Cc1ccccc1)NC(=O)CCCCCCCCC(C)=O. The Morgan fingerprint density at radius 1 is 0.200 bits per heavy atom. The van der Waals surface area contributed by atoms with Crippen LogP contribution < -0.4 is 31.9 Å². The molecule has 714 valence electrons. The van der Waals surface area contributed by atoms with Crippen molar-refractivity contribution in [3.63, 3.8) is 0 Å². The number of esters is 6. The Bertz CT molecular complexity index is 3900. The fraction of sp³-hybridized carbons (Fsp3) is 0.547. The van der Waals surface area contributed by atoms with Crippen molar-refractivity contribution in [2.75, 3.05) is 60.8 Å². The van der Waals surface area contributed by atoms with E-state index in [2.05, 4.69) is 31.9 Å². The van der Waals surface area contributed by atoms with Crippen LogP contribution in [-0.4, -0.2) is 168 Å². The Morgan fingerprint density at radius 3 is 0.523 bits per heavy atom. The lowest BCUT2D eigenvalue weighted by atomic mass is 10.0. The van der Waals surface area contributed by atoms with E-state index in [-0.39, 0.29) is 91.5 Å². The Labute approximate surface area is 774 Å². The van der Waals surface area contributed by atoms with Gasteiger partial charge in [0.1, 0.15) is 53.6 Å². The second kappa shape index (κ2) is 73.1. The van der Waals surface area contributed by atoms with Gasteiger partial charge >= 0.3 is 35.8 Å². The summed E-state index contributed by atoms with van der Waals surface area (Å²) >= 11 is 0. The van der Waals surface area contributed by atoms with E-state index < -0.39 is 42.1 Å². The first-order chi connectivity index (χ1) is 63.2. The molecule has 0 saturated carbocycles.